The summed E-state index contributed by atoms with van der Waals surface area (Å²) in [6.07, 6.45) is 0. The van der Waals surface area contributed by atoms with Gasteiger partial charge in [0.25, 0.3) is 0 Å². The third kappa shape index (κ3) is 2.48. The van der Waals surface area contributed by atoms with Crippen molar-refractivity contribution in [2.24, 2.45) is 0 Å². The van der Waals surface area contributed by atoms with Crippen LogP contribution in [0.1, 0.15) is 15.9 Å². The first-order chi connectivity index (χ1) is 9.61. The van der Waals surface area contributed by atoms with Crippen LogP contribution in [0, 0.1) is 6.92 Å². The smallest absolute Gasteiger partial charge is 0.396 e. The van der Waals surface area contributed by atoms with Crippen molar-refractivity contribution >= 4 is 27.6 Å². The summed E-state index contributed by atoms with van der Waals surface area (Å²) in [5.74, 6) is -0.0869. The molecule has 1 heterocycles. The molecule has 0 amide bonds. The number of fused-ring (bicyclic) bond motifs is 1. The Morgan fingerprint density at radius 2 is 2.05 bits per heavy atom. The van der Waals surface area contributed by atoms with Crippen molar-refractivity contribution in [2.75, 3.05) is 0 Å². The molecule has 0 fully saturated rings. The maximum absolute atomic E-state index is 12.0. The van der Waals surface area contributed by atoms with Crippen LogP contribution in [0.5, 0.6) is 5.75 Å². The lowest BCUT2D eigenvalue weighted by molar-refractivity contribution is 0.0735. The molecule has 0 radical (unpaired) electrons. The van der Waals surface area contributed by atoms with Crippen LogP contribution in [-0.2, 0) is 0 Å². The van der Waals surface area contributed by atoms with Crippen molar-refractivity contribution in [1.29, 1.82) is 0 Å². The van der Waals surface area contributed by atoms with Crippen molar-refractivity contribution < 1.29 is 13.9 Å². The van der Waals surface area contributed by atoms with E-state index in [9.17, 15) is 9.59 Å². The highest BCUT2D eigenvalue weighted by atomic mass is 32.1. The number of esters is 1. The zero-order valence-corrected chi connectivity index (χ0v) is 11.4. The van der Waals surface area contributed by atoms with Gasteiger partial charge in [0.1, 0.15) is 5.75 Å². The second-order valence-electron chi connectivity index (χ2n) is 4.32. The van der Waals surface area contributed by atoms with Gasteiger partial charge in [-0.1, -0.05) is 29.0 Å². The van der Waals surface area contributed by atoms with Crippen LogP contribution in [0.3, 0.4) is 0 Å². The van der Waals surface area contributed by atoms with E-state index < -0.39 is 5.97 Å². The SMILES string of the molecule is Cc1cccc(C(=O)Oc2ccc3sc(=O)oc3c2)c1. The lowest BCUT2D eigenvalue weighted by Gasteiger charge is -2.04. The summed E-state index contributed by atoms with van der Waals surface area (Å²) in [5.41, 5.74) is 1.89. The number of carbonyl (C=O) groups excluding carboxylic acids is 1. The van der Waals surface area contributed by atoms with Gasteiger partial charge >= 0.3 is 10.9 Å². The molecule has 20 heavy (non-hydrogen) atoms. The predicted octanol–water partition coefficient (Wildman–Crippen LogP) is 3.38. The highest BCUT2D eigenvalue weighted by molar-refractivity contribution is 7.16. The lowest BCUT2D eigenvalue weighted by Crippen LogP contribution is -2.08. The van der Waals surface area contributed by atoms with Gasteiger partial charge in [-0.25, -0.2) is 9.59 Å². The quantitative estimate of drug-likeness (QED) is 0.535. The molecule has 0 bridgehead atoms. The first kappa shape index (κ1) is 12.6. The van der Waals surface area contributed by atoms with Crippen molar-refractivity contribution in [3.05, 3.63) is 63.3 Å². The highest BCUT2D eigenvalue weighted by Crippen LogP contribution is 2.23. The zero-order valence-electron chi connectivity index (χ0n) is 10.6. The number of carbonyl (C=O) groups is 1. The van der Waals surface area contributed by atoms with Gasteiger partial charge in [0, 0.05) is 6.07 Å². The molecule has 4 nitrogen and oxygen atoms in total. The predicted molar refractivity (Wildman–Crippen MR) is 76.5 cm³/mol. The Labute approximate surface area is 118 Å². The molecule has 0 saturated carbocycles. The molecule has 2 aromatic carbocycles. The van der Waals surface area contributed by atoms with Crippen molar-refractivity contribution in [3.8, 4) is 5.75 Å². The lowest BCUT2D eigenvalue weighted by atomic mass is 10.1. The van der Waals surface area contributed by atoms with E-state index in [2.05, 4.69) is 0 Å². The van der Waals surface area contributed by atoms with E-state index in [-0.39, 0.29) is 4.94 Å². The van der Waals surface area contributed by atoms with Gasteiger partial charge in [0.05, 0.1) is 10.3 Å². The van der Waals surface area contributed by atoms with Gasteiger partial charge in [-0.15, -0.1) is 0 Å². The van der Waals surface area contributed by atoms with E-state index in [1.807, 2.05) is 13.0 Å². The molecule has 3 aromatic rings. The summed E-state index contributed by atoms with van der Waals surface area (Å²) < 4.78 is 11.0. The van der Waals surface area contributed by atoms with Crippen LogP contribution in [0.15, 0.2) is 51.7 Å². The molecule has 0 aliphatic rings. The van der Waals surface area contributed by atoms with Crippen LogP contribution < -0.4 is 9.68 Å². The summed E-state index contributed by atoms with van der Waals surface area (Å²) in [6, 6.07) is 12.0. The Morgan fingerprint density at radius 1 is 1.20 bits per heavy atom. The third-order valence-corrected chi connectivity index (χ3v) is 3.57. The Hall–Kier alpha value is -2.40. The molecular weight excluding hydrogens is 276 g/mol. The van der Waals surface area contributed by atoms with E-state index in [0.29, 0.717) is 16.9 Å². The second kappa shape index (κ2) is 4.94. The summed E-state index contributed by atoms with van der Waals surface area (Å²) in [6.45, 7) is 1.91. The van der Waals surface area contributed by atoms with Crippen LogP contribution in [-0.4, -0.2) is 5.97 Å². The summed E-state index contributed by atoms with van der Waals surface area (Å²) >= 11 is 1.02. The van der Waals surface area contributed by atoms with E-state index in [1.165, 1.54) is 0 Å². The number of aryl methyl sites for hydroxylation is 1. The molecule has 0 spiro atoms. The number of hydrogen-bond acceptors (Lipinski definition) is 5. The molecular formula is C15H10O4S. The maximum Gasteiger partial charge on any atom is 0.396 e. The Bertz CT molecular complexity index is 844. The normalized spacial score (nSPS) is 10.7. The molecule has 0 aliphatic heterocycles. The number of hydrogen-bond donors (Lipinski definition) is 0. The van der Waals surface area contributed by atoms with Crippen LogP contribution >= 0.6 is 11.3 Å². The molecule has 3 rings (SSSR count). The minimum Gasteiger partial charge on any atom is -0.423 e. The molecule has 0 N–H and O–H groups in total. The van der Waals surface area contributed by atoms with Gasteiger partial charge in [0.2, 0.25) is 0 Å². The van der Waals surface area contributed by atoms with Crippen LogP contribution in [0.4, 0.5) is 0 Å². The highest BCUT2D eigenvalue weighted by Gasteiger charge is 2.10. The Balaban J connectivity index is 1.88. The van der Waals surface area contributed by atoms with Crippen LogP contribution in [0.2, 0.25) is 0 Å². The van der Waals surface area contributed by atoms with E-state index >= 15 is 0 Å². The molecule has 5 heteroatoms. The monoisotopic (exact) mass is 286 g/mol. The minimum absolute atomic E-state index is 0.352. The fourth-order valence-electron chi connectivity index (χ4n) is 1.85. The van der Waals surface area contributed by atoms with Gasteiger partial charge in [-0.05, 0) is 31.2 Å². The minimum atomic E-state index is -0.439. The van der Waals surface area contributed by atoms with Gasteiger partial charge in [-0.2, -0.15) is 0 Å². The number of benzene rings is 2. The largest absolute Gasteiger partial charge is 0.423 e. The molecule has 0 unspecified atom stereocenters. The van der Waals surface area contributed by atoms with Gasteiger partial charge in [-0.3, -0.25) is 0 Å². The van der Waals surface area contributed by atoms with E-state index in [4.69, 9.17) is 9.15 Å². The van der Waals surface area contributed by atoms with E-state index in [1.54, 1.807) is 36.4 Å². The third-order valence-electron chi connectivity index (χ3n) is 2.77. The molecule has 1 aromatic heterocycles. The molecule has 0 aliphatic carbocycles. The fourth-order valence-corrected chi connectivity index (χ4v) is 2.50. The fraction of sp³-hybridized carbons (Fsp3) is 0.0667. The van der Waals surface area contributed by atoms with Gasteiger partial charge < -0.3 is 9.15 Å². The number of rotatable bonds is 2. The standard InChI is InChI=1S/C15H10O4S/c1-9-3-2-4-10(7-9)14(16)18-11-5-6-13-12(8-11)19-15(17)20-13/h2-8H,1H3. The average molecular weight is 286 g/mol. The molecule has 0 saturated heterocycles. The first-order valence-corrected chi connectivity index (χ1v) is 6.76. The Kier molecular flexibility index (Phi) is 3.12. The van der Waals surface area contributed by atoms with E-state index in [0.717, 1.165) is 21.6 Å². The second-order valence-corrected chi connectivity index (χ2v) is 5.30. The van der Waals surface area contributed by atoms with Gasteiger partial charge in [0.15, 0.2) is 5.58 Å². The zero-order chi connectivity index (χ0) is 14.1. The maximum atomic E-state index is 12.0. The Morgan fingerprint density at radius 3 is 2.85 bits per heavy atom. The summed E-state index contributed by atoms with van der Waals surface area (Å²) in [5, 5.41) is 0. The first-order valence-electron chi connectivity index (χ1n) is 5.94. The summed E-state index contributed by atoms with van der Waals surface area (Å²) in [4.78, 5) is 22.7. The summed E-state index contributed by atoms with van der Waals surface area (Å²) in [7, 11) is 0. The van der Waals surface area contributed by atoms with Crippen molar-refractivity contribution in [3.63, 3.8) is 0 Å². The van der Waals surface area contributed by atoms with Crippen molar-refractivity contribution in [2.45, 2.75) is 6.92 Å². The number of ether oxygens (including phenoxy) is 1. The molecule has 100 valence electrons. The average Bonchev–Trinajstić information content (AvgIpc) is 2.78. The van der Waals surface area contributed by atoms with Crippen LogP contribution in [0.25, 0.3) is 10.3 Å². The molecule has 0 atom stereocenters. The topological polar surface area (TPSA) is 56.5 Å². The van der Waals surface area contributed by atoms with Crippen molar-refractivity contribution in [1.82, 2.24) is 0 Å².